The van der Waals surface area contributed by atoms with Crippen LogP contribution in [0, 0.1) is 12.7 Å². The van der Waals surface area contributed by atoms with E-state index in [0.717, 1.165) is 29.7 Å². The van der Waals surface area contributed by atoms with Gasteiger partial charge < -0.3 is 10.1 Å². The molecule has 4 rings (SSSR count). The quantitative estimate of drug-likeness (QED) is 0.569. The molecule has 0 saturated heterocycles. The Kier molecular flexibility index (Phi) is 5.12. The molecule has 1 aliphatic rings. The lowest BCUT2D eigenvalue weighted by Gasteiger charge is -2.17. The zero-order valence-corrected chi connectivity index (χ0v) is 16.9. The molecule has 0 bridgehead atoms. The highest BCUT2D eigenvalue weighted by atomic mass is 19.1. The lowest BCUT2D eigenvalue weighted by Crippen LogP contribution is -2.27. The van der Waals surface area contributed by atoms with Crippen LogP contribution < -0.4 is 10.1 Å². The third-order valence-electron chi connectivity index (χ3n) is 5.74. The summed E-state index contributed by atoms with van der Waals surface area (Å²) in [5.41, 5.74) is 3.27. The van der Waals surface area contributed by atoms with Crippen LogP contribution in [0.5, 0.6) is 5.75 Å². The molecule has 1 saturated carbocycles. The van der Waals surface area contributed by atoms with Gasteiger partial charge in [0.25, 0.3) is 0 Å². The summed E-state index contributed by atoms with van der Waals surface area (Å²) in [7, 11) is 1.61. The number of halogens is 1. The molecule has 0 spiro atoms. The summed E-state index contributed by atoms with van der Waals surface area (Å²) in [6, 6.07) is 17.4. The molecule has 1 N–H and O–H groups in total. The fourth-order valence-corrected chi connectivity index (χ4v) is 3.75. The molecule has 5 heteroatoms. The Bertz CT molecular complexity index is 1120. The van der Waals surface area contributed by atoms with Crippen molar-refractivity contribution < 1.29 is 18.7 Å². The van der Waals surface area contributed by atoms with Crippen LogP contribution >= 0.6 is 0 Å². The molecule has 3 aromatic carbocycles. The molecule has 4 nitrogen and oxygen atoms in total. The number of aldehydes is 1. The first-order chi connectivity index (χ1) is 14.5. The summed E-state index contributed by atoms with van der Waals surface area (Å²) in [5.74, 6) is 0.211. The minimum atomic E-state index is -0.534. The Morgan fingerprint density at radius 3 is 2.37 bits per heavy atom. The number of benzene rings is 3. The van der Waals surface area contributed by atoms with E-state index in [2.05, 4.69) is 5.32 Å². The summed E-state index contributed by atoms with van der Waals surface area (Å²) >= 11 is 0. The normalized spacial score (nSPS) is 14.1. The highest BCUT2D eigenvalue weighted by molar-refractivity contribution is 6.01. The molecule has 152 valence electrons. The highest BCUT2D eigenvalue weighted by Crippen LogP contribution is 2.49. The van der Waals surface area contributed by atoms with E-state index < -0.39 is 11.2 Å². The Balaban J connectivity index is 1.60. The molecule has 0 atom stereocenters. The molecular weight excluding hydrogens is 381 g/mol. The van der Waals surface area contributed by atoms with Crippen molar-refractivity contribution in [2.75, 3.05) is 12.4 Å². The Hall–Kier alpha value is -3.47. The molecule has 0 aromatic heterocycles. The number of ether oxygens (including phenoxy) is 1. The molecule has 1 aliphatic carbocycles. The summed E-state index contributed by atoms with van der Waals surface area (Å²) in [4.78, 5) is 24.0. The number of hydrogen-bond acceptors (Lipinski definition) is 3. The molecular formula is C25H22FNO3. The SMILES string of the molecule is COc1ccc(C2(C(=O)Nc3ccc(C)c(-c4ccc(C=O)cc4F)c3)CC2)cc1. The number of anilines is 1. The number of aryl methyl sites for hydroxylation is 1. The van der Waals surface area contributed by atoms with Crippen molar-refractivity contribution in [2.24, 2.45) is 0 Å². The van der Waals surface area contributed by atoms with Crippen LogP contribution in [0.1, 0.15) is 34.3 Å². The van der Waals surface area contributed by atoms with Gasteiger partial charge in [-0.3, -0.25) is 9.59 Å². The van der Waals surface area contributed by atoms with Gasteiger partial charge in [-0.25, -0.2) is 4.39 Å². The van der Waals surface area contributed by atoms with Gasteiger partial charge in [-0.1, -0.05) is 30.3 Å². The topological polar surface area (TPSA) is 55.4 Å². The lowest BCUT2D eigenvalue weighted by molar-refractivity contribution is -0.118. The van der Waals surface area contributed by atoms with Crippen LogP contribution in [0.15, 0.2) is 60.7 Å². The predicted octanol–water partition coefficient (Wildman–Crippen LogP) is 5.29. The van der Waals surface area contributed by atoms with Crippen LogP contribution in [0.4, 0.5) is 10.1 Å². The van der Waals surface area contributed by atoms with Crippen LogP contribution in [0.2, 0.25) is 0 Å². The fourth-order valence-electron chi connectivity index (χ4n) is 3.75. The van der Waals surface area contributed by atoms with Crippen molar-refractivity contribution in [1.82, 2.24) is 0 Å². The molecule has 1 amide bonds. The van der Waals surface area contributed by atoms with Gasteiger partial charge in [0.2, 0.25) is 5.91 Å². The van der Waals surface area contributed by atoms with Crippen LogP contribution in [-0.2, 0) is 10.2 Å². The first-order valence-corrected chi connectivity index (χ1v) is 9.78. The zero-order chi connectivity index (χ0) is 21.3. The molecule has 30 heavy (non-hydrogen) atoms. The average Bonchev–Trinajstić information content (AvgIpc) is 3.57. The zero-order valence-electron chi connectivity index (χ0n) is 16.9. The maximum absolute atomic E-state index is 14.5. The number of rotatable bonds is 6. The van der Waals surface area contributed by atoms with E-state index in [0.29, 0.717) is 23.1 Å². The van der Waals surface area contributed by atoms with Crippen LogP contribution in [-0.4, -0.2) is 19.3 Å². The minimum Gasteiger partial charge on any atom is -0.497 e. The number of carbonyl (C=O) groups is 2. The van der Waals surface area contributed by atoms with E-state index in [9.17, 15) is 14.0 Å². The summed E-state index contributed by atoms with van der Waals surface area (Å²) in [5, 5.41) is 3.00. The smallest absolute Gasteiger partial charge is 0.235 e. The van der Waals surface area contributed by atoms with Gasteiger partial charge in [0, 0.05) is 16.8 Å². The lowest BCUT2D eigenvalue weighted by atomic mass is 9.94. The number of carbonyl (C=O) groups excluding carboxylic acids is 2. The maximum Gasteiger partial charge on any atom is 0.235 e. The summed E-state index contributed by atoms with van der Waals surface area (Å²) in [6.45, 7) is 1.88. The Morgan fingerprint density at radius 2 is 1.77 bits per heavy atom. The minimum absolute atomic E-state index is 0.0701. The third-order valence-corrected chi connectivity index (χ3v) is 5.74. The van der Waals surface area contributed by atoms with E-state index in [-0.39, 0.29) is 11.5 Å². The second kappa shape index (κ2) is 7.75. The Labute approximate surface area is 174 Å². The Morgan fingerprint density at radius 1 is 1.03 bits per heavy atom. The average molecular weight is 403 g/mol. The molecule has 1 fully saturated rings. The van der Waals surface area contributed by atoms with Crippen molar-refractivity contribution in [3.05, 3.63) is 83.2 Å². The standard InChI is InChI=1S/C25H22FNO3/c1-16-3-7-19(14-22(16)21-10-4-17(15-28)13-23(21)26)27-24(29)25(11-12-25)18-5-8-20(30-2)9-6-18/h3-10,13-15H,11-12H2,1-2H3,(H,27,29). The van der Waals surface area contributed by atoms with E-state index >= 15 is 0 Å². The van der Waals surface area contributed by atoms with Gasteiger partial charge >= 0.3 is 0 Å². The van der Waals surface area contributed by atoms with Gasteiger partial charge in [-0.15, -0.1) is 0 Å². The first kappa shape index (κ1) is 19.8. The second-order valence-corrected chi connectivity index (χ2v) is 7.65. The third kappa shape index (κ3) is 3.59. The number of methoxy groups -OCH3 is 1. The first-order valence-electron chi connectivity index (χ1n) is 9.78. The second-order valence-electron chi connectivity index (χ2n) is 7.65. The van der Waals surface area contributed by atoms with Gasteiger partial charge in [-0.2, -0.15) is 0 Å². The molecule has 0 unspecified atom stereocenters. The molecule has 0 heterocycles. The van der Waals surface area contributed by atoms with Crippen LogP contribution in [0.25, 0.3) is 11.1 Å². The largest absolute Gasteiger partial charge is 0.497 e. The van der Waals surface area contributed by atoms with Crippen molar-refractivity contribution in [3.8, 4) is 16.9 Å². The monoisotopic (exact) mass is 403 g/mol. The van der Waals surface area contributed by atoms with Crippen molar-refractivity contribution in [1.29, 1.82) is 0 Å². The molecule has 0 radical (unpaired) electrons. The van der Waals surface area contributed by atoms with Gasteiger partial charge in [0.05, 0.1) is 12.5 Å². The summed E-state index contributed by atoms with van der Waals surface area (Å²) < 4.78 is 19.7. The van der Waals surface area contributed by atoms with Crippen molar-refractivity contribution in [2.45, 2.75) is 25.2 Å². The van der Waals surface area contributed by atoms with Gasteiger partial charge in [0.1, 0.15) is 17.9 Å². The van der Waals surface area contributed by atoms with Gasteiger partial charge in [-0.05, 0) is 66.8 Å². The van der Waals surface area contributed by atoms with E-state index in [1.54, 1.807) is 25.3 Å². The van der Waals surface area contributed by atoms with Crippen LogP contribution in [0.3, 0.4) is 0 Å². The maximum atomic E-state index is 14.5. The molecule has 3 aromatic rings. The van der Waals surface area contributed by atoms with E-state index in [1.165, 1.54) is 6.07 Å². The number of hydrogen-bond donors (Lipinski definition) is 1. The fraction of sp³-hybridized carbons (Fsp3) is 0.200. The highest BCUT2D eigenvalue weighted by Gasteiger charge is 2.51. The van der Waals surface area contributed by atoms with Crippen molar-refractivity contribution >= 4 is 17.9 Å². The number of nitrogens with one attached hydrogen (secondary N) is 1. The number of amides is 1. The van der Waals surface area contributed by atoms with Gasteiger partial charge in [0.15, 0.2) is 0 Å². The van der Waals surface area contributed by atoms with E-state index in [1.807, 2.05) is 43.3 Å². The summed E-state index contributed by atoms with van der Waals surface area (Å²) in [6.07, 6.45) is 2.18. The predicted molar refractivity (Wildman–Crippen MR) is 114 cm³/mol. The van der Waals surface area contributed by atoms with Crippen molar-refractivity contribution in [3.63, 3.8) is 0 Å². The molecule has 0 aliphatic heterocycles. The van der Waals surface area contributed by atoms with E-state index in [4.69, 9.17) is 4.74 Å².